The van der Waals surface area contributed by atoms with Crippen LogP contribution in [-0.4, -0.2) is 63.3 Å². The quantitative estimate of drug-likeness (QED) is 0.367. The number of aliphatic hydroxyl groups is 1. The summed E-state index contributed by atoms with van der Waals surface area (Å²) in [5, 5.41) is 14.2. The molecule has 196 valence electrons. The van der Waals surface area contributed by atoms with Crippen LogP contribution in [0.4, 0.5) is 8.78 Å². The number of nitrogens with one attached hydrogen (secondary N) is 3. The van der Waals surface area contributed by atoms with Gasteiger partial charge in [-0.25, -0.2) is 18.7 Å². The van der Waals surface area contributed by atoms with E-state index in [0.717, 1.165) is 12.8 Å². The molecule has 2 fully saturated rings. The fourth-order valence-electron chi connectivity index (χ4n) is 4.83. The maximum Gasteiger partial charge on any atom is 0.255 e. The molecule has 4 N–H and O–H groups in total. The first kappa shape index (κ1) is 25.1. The lowest BCUT2D eigenvalue weighted by Crippen LogP contribution is -2.50. The summed E-state index contributed by atoms with van der Waals surface area (Å²) in [4.78, 5) is 36.5. The van der Waals surface area contributed by atoms with E-state index in [9.17, 15) is 18.4 Å². The van der Waals surface area contributed by atoms with Gasteiger partial charge < -0.3 is 25.5 Å². The molecule has 2 amide bonds. The predicted molar refractivity (Wildman–Crippen MR) is 131 cm³/mol. The minimum atomic E-state index is -1.36. The molecule has 2 aliphatic carbocycles. The van der Waals surface area contributed by atoms with Crippen LogP contribution in [0.3, 0.4) is 0 Å². The first-order chi connectivity index (χ1) is 17.8. The molecule has 0 bridgehead atoms. The zero-order valence-electron chi connectivity index (χ0n) is 20.4. The molecule has 11 heteroatoms. The van der Waals surface area contributed by atoms with Crippen LogP contribution in [0.2, 0.25) is 0 Å². The SMILES string of the molecule is Cc1[nH]c2c(-c3cc(F)ccc3OCC3CC3)ncnc2c1C(=O)N[C@H]1CC[C@@H](NC(=O)CO)C[C@H]1F. The highest BCUT2D eigenvalue weighted by Gasteiger charge is 2.33. The van der Waals surface area contributed by atoms with E-state index in [1.165, 1.54) is 18.5 Å². The Morgan fingerprint density at radius 1 is 1.19 bits per heavy atom. The van der Waals surface area contributed by atoms with Crippen molar-refractivity contribution in [2.24, 2.45) is 5.92 Å². The first-order valence-electron chi connectivity index (χ1n) is 12.4. The fraction of sp³-hybridized carbons (Fsp3) is 0.462. The van der Waals surface area contributed by atoms with Gasteiger partial charge in [-0.1, -0.05) is 0 Å². The molecular formula is C26H29F2N5O4. The normalized spacial score (nSPS) is 21.6. The number of aliphatic hydroxyl groups excluding tert-OH is 1. The third kappa shape index (κ3) is 5.41. The molecule has 2 heterocycles. The van der Waals surface area contributed by atoms with Crippen molar-refractivity contribution in [2.75, 3.05) is 13.2 Å². The van der Waals surface area contributed by atoms with Crippen molar-refractivity contribution in [1.29, 1.82) is 0 Å². The number of aromatic nitrogens is 3. The van der Waals surface area contributed by atoms with Crippen LogP contribution in [-0.2, 0) is 4.79 Å². The highest BCUT2D eigenvalue weighted by Crippen LogP contribution is 2.37. The third-order valence-corrected chi connectivity index (χ3v) is 6.96. The van der Waals surface area contributed by atoms with Crippen LogP contribution in [0.15, 0.2) is 24.5 Å². The first-order valence-corrected chi connectivity index (χ1v) is 12.4. The van der Waals surface area contributed by atoms with Crippen LogP contribution in [0.5, 0.6) is 5.75 Å². The number of carbonyl (C=O) groups excluding carboxylic acids is 2. The number of hydrogen-bond donors (Lipinski definition) is 4. The second-order valence-electron chi connectivity index (χ2n) is 9.80. The summed E-state index contributed by atoms with van der Waals surface area (Å²) >= 11 is 0. The highest BCUT2D eigenvalue weighted by molar-refractivity contribution is 6.09. The minimum absolute atomic E-state index is 0.0408. The number of aromatic amines is 1. The maximum absolute atomic E-state index is 14.9. The van der Waals surface area contributed by atoms with E-state index in [-0.39, 0.29) is 12.0 Å². The molecule has 1 aromatic carbocycles. The van der Waals surface area contributed by atoms with Gasteiger partial charge in [-0.05, 0) is 56.7 Å². The van der Waals surface area contributed by atoms with Crippen LogP contribution in [0, 0.1) is 18.7 Å². The maximum atomic E-state index is 14.9. The number of carbonyl (C=O) groups is 2. The van der Waals surface area contributed by atoms with Crippen molar-refractivity contribution in [3.8, 4) is 17.0 Å². The van der Waals surface area contributed by atoms with Crippen molar-refractivity contribution >= 4 is 22.8 Å². The van der Waals surface area contributed by atoms with E-state index in [1.54, 1.807) is 13.0 Å². The Balaban J connectivity index is 1.39. The number of amides is 2. The molecule has 2 saturated carbocycles. The number of alkyl halides is 1. The van der Waals surface area contributed by atoms with Crippen molar-refractivity contribution in [3.63, 3.8) is 0 Å². The Labute approximate surface area is 212 Å². The molecule has 0 spiro atoms. The standard InChI is InChI=1S/C26H29F2N5O4/c1-13-22(26(36)33-19-6-5-16(9-18(19)28)32-21(35)10-34)24-25(31-13)23(29-12-30-24)17-8-15(27)4-7-20(17)37-11-14-2-3-14/h4,7-8,12,14,16,18-19,31,34H,2-3,5-6,9-11H2,1H3,(H,32,35)(H,33,36)/t16-,18-,19+/m1/s1. The lowest BCUT2D eigenvalue weighted by atomic mass is 9.89. The summed E-state index contributed by atoms with van der Waals surface area (Å²) in [5.74, 6) is -0.475. The van der Waals surface area contributed by atoms with Crippen LogP contribution >= 0.6 is 0 Å². The largest absolute Gasteiger partial charge is 0.493 e. The molecule has 3 atom stereocenters. The Bertz CT molecular complexity index is 1330. The predicted octanol–water partition coefficient (Wildman–Crippen LogP) is 2.96. The van der Waals surface area contributed by atoms with Crippen molar-refractivity contribution in [1.82, 2.24) is 25.6 Å². The van der Waals surface area contributed by atoms with Crippen LogP contribution in [0.1, 0.15) is 48.2 Å². The number of rotatable bonds is 8. The Hall–Kier alpha value is -3.60. The molecule has 37 heavy (non-hydrogen) atoms. The number of hydrogen-bond acceptors (Lipinski definition) is 6. The topological polar surface area (TPSA) is 129 Å². The Morgan fingerprint density at radius 2 is 2.00 bits per heavy atom. The number of nitrogens with zero attached hydrogens (tertiary/aromatic N) is 2. The molecule has 0 aliphatic heterocycles. The Kier molecular flexibility index (Phi) is 7.05. The van der Waals surface area contributed by atoms with E-state index in [0.29, 0.717) is 59.1 Å². The van der Waals surface area contributed by atoms with Crippen LogP contribution in [0.25, 0.3) is 22.3 Å². The number of halogens is 2. The summed E-state index contributed by atoms with van der Waals surface area (Å²) < 4.78 is 35.0. The lowest BCUT2D eigenvalue weighted by molar-refractivity contribution is -0.124. The zero-order chi connectivity index (χ0) is 26.1. The van der Waals surface area contributed by atoms with Gasteiger partial charge in [0, 0.05) is 23.7 Å². The summed E-state index contributed by atoms with van der Waals surface area (Å²) in [5.41, 5.74) is 2.44. The van der Waals surface area contributed by atoms with Gasteiger partial charge in [0.15, 0.2) is 0 Å². The number of fused-ring (bicyclic) bond motifs is 1. The molecule has 9 nitrogen and oxygen atoms in total. The monoisotopic (exact) mass is 513 g/mol. The molecule has 0 unspecified atom stereocenters. The number of H-pyrrole nitrogens is 1. The van der Waals surface area contributed by atoms with Gasteiger partial charge >= 0.3 is 0 Å². The van der Waals surface area contributed by atoms with Gasteiger partial charge in [0.2, 0.25) is 5.91 Å². The summed E-state index contributed by atoms with van der Waals surface area (Å²) in [6.07, 6.45) is 3.01. The molecule has 2 aromatic heterocycles. The van der Waals surface area contributed by atoms with Gasteiger partial charge in [0.05, 0.1) is 23.7 Å². The summed E-state index contributed by atoms with van der Waals surface area (Å²) in [6, 6.07) is 3.13. The molecule has 0 radical (unpaired) electrons. The van der Waals surface area contributed by atoms with Crippen LogP contribution < -0.4 is 15.4 Å². The van der Waals surface area contributed by atoms with E-state index in [4.69, 9.17) is 9.84 Å². The average molecular weight is 514 g/mol. The van der Waals surface area contributed by atoms with Crippen molar-refractivity contribution in [3.05, 3.63) is 41.6 Å². The second kappa shape index (κ2) is 10.4. The van der Waals surface area contributed by atoms with Crippen molar-refractivity contribution < 1.29 is 28.2 Å². The average Bonchev–Trinajstić information content (AvgIpc) is 3.64. The number of ether oxygens (including phenoxy) is 1. The van der Waals surface area contributed by atoms with E-state index in [2.05, 4.69) is 25.6 Å². The van der Waals surface area contributed by atoms with Gasteiger partial charge in [-0.3, -0.25) is 9.59 Å². The second-order valence-corrected chi connectivity index (χ2v) is 9.80. The lowest BCUT2D eigenvalue weighted by Gasteiger charge is -2.32. The molecule has 5 rings (SSSR count). The van der Waals surface area contributed by atoms with Gasteiger partial charge in [0.1, 0.15) is 41.9 Å². The van der Waals surface area contributed by atoms with Gasteiger partial charge in [-0.15, -0.1) is 0 Å². The third-order valence-electron chi connectivity index (χ3n) is 6.96. The van der Waals surface area contributed by atoms with Gasteiger partial charge in [0.25, 0.3) is 5.91 Å². The summed E-state index contributed by atoms with van der Waals surface area (Å²) in [6.45, 7) is 1.60. The molecule has 0 saturated heterocycles. The number of aryl methyl sites for hydroxylation is 1. The zero-order valence-corrected chi connectivity index (χ0v) is 20.4. The molecule has 3 aromatic rings. The molecule has 2 aliphatic rings. The van der Waals surface area contributed by atoms with E-state index >= 15 is 0 Å². The minimum Gasteiger partial charge on any atom is -0.493 e. The number of benzene rings is 1. The van der Waals surface area contributed by atoms with E-state index in [1.807, 2.05) is 0 Å². The Morgan fingerprint density at radius 3 is 2.73 bits per heavy atom. The smallest absolute Gasteiger partial charge is 0.255 e. The van der Waals surface area contributed by atoms with E-state index < -0.39 is 42.5 Å². The molecular weight excluding hydrogens is 484 g/mol. The highest BCUT2D eigenvalue weighted by atomic mass is 19.1. The van der Waals surface area contributed by atoms with Gasteiger partial charge in [-0.2, -0.15) is 0 Å². The van der Waals surface area contributed by atoms with Crippen molar-refractivity contribution in [2.45, 2.75) is 57.3 Å². The summed E-state index contributed by atoms with van der Waals surface area (Å²) in [7, 11) is 0. The fourth-order valence-corrected chi connectivity index (χ4v) is 4.83.